The van der Waals surface area contributed by atoms with Crippen LogP contribution in [-0.2, 0) is 23.9 Å². The molecule has 9 nitrogen and oxygen atoms in total. The van der Waals surface area contributed by atoms with Gasteiger partial charge in [0.25, 0.3) is 0 Å². The Morgan fingerprint density at radius 3 is 2.04 bits per heavy atom. The zero-order valence-corrected chi connectivity index (χ0v) is 37.1. The van der Waals surface area contributed by atoms with Gasteiger partial charge in [-0.25, -0.2) is 4.79 Å². The van der Waals surface area contributed by atoms with Crippen molar-refractivity contribution in [2.24, 2.45) is 68.0 Å². The number of fused-ring (bicyclic) bond motifs is 9. The Balaban J connectivity index is 1.09. The third kappa shape index (κ3) is 6.43. The highest BCUT2D eigenvalue weighted by atomic mass is 16.6. The molecule has 5 aliphatic carbocycles. The lowest BCUT2D eigenvalue weighted by Gasteiger charge is -2.73. The molecule has 5 saturated carbocycles. The quantitative estimate of drug-likeness (QED) is 0.256. The third-order valence-electron chi connectivity index (χ3n) is 18.6. The Morgan fingerprint density at radius 2 is 1.43 bits per heavy atom. The smallest absolute Gasteiger partial charge is 0.410 e. The summed E-state index contributed by atoms with van der Waals surface area (Å²) < 4.78 is 11.9. The predicted molar refractivity (Wildman–Crippen MR) is 216 cm³/mol. The van der Waals surface area contributed by atoms with Crippen LogP contribution in [0.4, 0.5) is 4.79 Å². The Labute approximate surface area is 338 Å². The lowest BCUT2D eigenvalue weighted by Crippen LogP contribution is -2.67. The van der Waals surface area contributed by atoms with Crippen LogP contribution in [0, 0.1) is 68.0 Å². The lowest BCUT2D eigenvalue weighted by molar-refractivity contribution is -0.252. The van der Waals surface area contributed by atoms with E-state index in [4.69, 9.17) is 9.47 Å². The molecule has 0 aromatic heterocycles. The molecule has 0 radical (unpaired) electrons. The second kappa shape index (κ2) is 13.6. The van der Waals surface area contributed by atoms with Crippen LogP contribution in [0.2, 0.25) is 0 Å². The van der Waals surface area contributed by atoms with Gasteiger partial charge in [0, 0.05) is 24.9 Å². The number of ether oxygens (including phenoxy) is 2. The molecular weight excluding hydrogens is 705 g/mol. The molecule has 56 heavy (non-hydrogen) atoms. The number of piperazine rings is 1. The molecule has 0 aromatic rings. The molecule has 2 amide bonds. The molecule has 7 rings (SSSR count). The van der Waals surface area contributed by atoms with Crippen LogP contribution in [0.3, 0.4) is 0 Å². The number of nitrogens with zero attached hydrogens (tertiary/aromatic N) is 2. The summed E-state index contributed by atoms with van der Waals surface area (Å²) in [6, 6.07) is 0.146. The van der Waals surface area contributed by atoms with E-state index in [-0.39, 0.29) is 57.8 Å². The monoisotopic (exact) mass is 781 g/mol. The molecule has 12 atom stereocenters. The molecule has 2 heterocycles. The number of hydrogen-bond acceptors (Lipinski definition) is 6. The van der Waals surface area contributed by atoms with Crippen molar-refractivity contribution in [2.45, 2.75) is 190 Å². The second-order valence-corrected chi connectivity index (χ2v) is 23.6. The number of amides is 2. The van der Waals surface area contributed by atoms with Gasteiger partial charge in [-0.1, -0.05) is 48.5 Å². The minimum Gasteiger partial charge on any atom is -0.481 e. The summed E-state index contributed by atoms with van der Waals surface area (Å²) in [6.45, 7) is 27.5. The lowest BCUT2D eigenvalue weighted by atomic mass is 9.32. The molecule has 7 aliphatic rings. The van der Waals surface area contributed by atoms with Gasteiger partial charge in [-0.2, -0.15) is 0 Å². The predicted octanol–water partition coefficient (Wildman–Crippen LogP) is 9.75. The van der Waals surface area contributed by atoms with E-state index in [0.29, 0.717) is 60.9 Å². The first-order valence-corrected chi connectivity index (χ1v) is 22.5. The Kier molecular flexibility index (Phi) is 10.2. The number of rotatable bonds is 7. The fourth-order valence-electron chi connectivity index (χ4n) is 15.6. The summed E-state index contributed by atoms with van der Waals surface area (Å²) in [5.41, 5.74) is -1.33. The van der Waals surface area contributed by atoms with E-state index in [9.17, 15) is 24.3 Å². The normalized spacial score (nSPS) is 42.7. The molecule has 2 bridgehead atoms. The first kappa shape index (κ1) is 41.8. The summed E-state index contributed by atoms with van der Waals surface area (Å²) in [5.74, 6) is 2.31. The van der Waals surface area contributed by atoms with E-state index in [1.165, 1.54) is 32.1 Å². The maximum Gasteiger partial charge on any atom is 0.410 e. The summed E-state index contributed by atoms with van der Waals surface area (Å²) in [6.07, 6.45) is 12.2. The molecule has 0 spiro atoms. The summed E-state index contributed by atoms with van der Waals surface area (Å²) >= 11 is 0. The van der Waals surface area contributed by atoms with Crippen molar-refractivity contribution in [3.05, 3.63) is 0 Å². The number of carboxylic acid groups (broad SMARTS) is 1. The maximum absolute atomic E-state index is 14.5. The van der Waals surface area contributed by atoms with Crippen LogP contribution >= 0.6 is 0 Å². The first-order chi connectivity index (χ1) is 25.8. The van der Waals surface area contributed by atoms with Gasteiger partial charge >= 0.3 is 18.0 Å². The van der Waals surface area contributed by atoms with Gasteiger partial charge in [0.15, 0.2) is 0 Å². The van der Waals surface area contributed by atoms with Gasteiger partial charge in [0.05, 0.1) is 23.9 Å². The standard InChI is InChI=1S/C47H76N2O7/c1-28(2)31-15-20-47(24-36(50)48-26-30-23-29(48)27-49(30)40(54)56-41(3,4)5)22-21-45(11)32(38(31)47)13-14-34-44(10)18-17-35(55-37(51)25-42(6,7)39(52)53)43(8,9)33(44)16-19-46(34,45)12/h28-35,38H,13-27H2,1-12H3,(H,52,53)/t29?,30?,31?,32-,33?,34-,35+,38-,44+,45-,46-,47-/m1/s1. The zero-order valence-electron chi connectivity index (χ0n) is 37.1. The Hall–Kier alpha value is -2.32. The van der Waals surface area contributed by atoms with Crippen LogP contribution in [0.15, 0.2) is 0 Å². The molecule has 2 saturated heterocycles. The highest BCUT2D eigenvalue weighted by Gasteiger charge is 2.71. The molecule has 0 aromatic carbocycles. The largest absolute Gasteiger partial charge is 0.481 e. The molecule has 4 unspecified atom stereocenters. The number of carbonyl (C=O) groups is 4. The van der Waals surface area contributed by atoms with E-state index >= 15 is 0 Å². The van der Waals surface area contributed by atoms with E-state index in [1.54, 1.807) is 13.8 Å². The molecular formula is C47H76N2O7. The van der Waals surface area contributed by atoms with Crippen LogP contribution < -0.4 is 0 Å². The molecule has 9 heteroatoms. The molecule has 316 valence electrons. The van der Waals surface area contributed by atoms with Crippen LogP contribution in [0.5, 0.6) is 0 Å². The van der Waals surface area contributed by atoms with Crippen molar-refractivity contribution in [3.63, 3.8) is 0 Å². The van der Waals surface area contributed by atoms with Crippen molar-refractivity contribution in [2.75, 3.05) is 13.1 Å². The average molecular weight is 781 g/mol. The van der Waals surface area contributed by atoms with Crippen molar-refractivity contribution in [3.8, 4) is 0 Å². The molecule has 7 fully saturated rings. The summed E-state index contributed by atoms with van der Waals surface area (Å²) in [4.78, 5) is 56.5. The van der Waals surface area contributed by atoms with Gasteiger partial charge in [0.1, 0.15) is 11.7 Å². The Morgan fingerprint density at radius 1 is 0.768 bits per heavy atom. The number of esters is 1. The van der Waals surface area contributed by atoms with Crippen molar-refractivity contribution < 1.29 is 33.8 Å². The molecule has 2 aliphatic heterocycles. The van der Waals surface area contributed by atoms with Gasteiger partial charge in [-0.05, 0) is 162 Å². The van der Waals surface area contributed by atoms with Gasteiger partial charge in [-0.15, -0.1) is 0 Å². The average Bonchev–Trinajstić information content (AvgIpc) is 3.79. The fourth-order valence-corrected chi connectivity index (χ4v) is 15.6. The number of carboxylic acids is 1. The summed E-state index contributed by atoms with van der Waals surface area (Å²) in [7, 11) is 0. The van der Waals surface area contributed by atoms with Gasteiger partial charge < -0.3 is 24.4 Å². The van der Waals surface area contributed by atoms with Gasteiger partial charge in [0.2, 0.25) is 5.91 Å². The minimum absolute atomic E-state index is 0.0479. The SMILES string of the molecule is CC(C)C1CC[C@]2(CC(=O)N3CC4CC3CN4C(=O)OC(C)(C)C)CC[C@]3(C)[C@H](CC[C@@H]4[C@@]5(C)CC[C@H](OC(=O)CC(C)(C)C(=O)O)C(C)(C)C5CC[C@]43C)[C@@H]12. The minimum atomic E-state index is -1.15. The maximum atomic E-state index is 14.5. The van der Waals surface area contributed by atoms with Crippen molar-refractivity contribution >= 4 is 23.9 Å². The third-order valence-corrected chi connectivity index (χ3v) is 18.6. The summed E-state index contributed by atoms with van der Waals surface area (Å²) in [5, 5.41) is 9.64. The van der Waals surface area contributed by atoms with Crippen molar-refractivity contribution in [1.82, 2.24) is 9.80 Å². The highest BCUT2D eigenvalue weighted by Crippen LogP contribution is 2.78. The van der Waals surface area contributed by atoms with E-state index < -0.39 is 23.0 Å². The number of carbonyl (C=O) groups excluding carboxylic acids is 3. The Bertz CT molecular complexity index is 1600. The second-order valence-electron chi connectivity index (χ2n) is 23.6. The van der Waals surface area contributed by atoms with Gasteiger partial charge in [-0.3, -0.25) is 14.4 Å². The fraction of sp³-hybridized carbons (Fsp3) is 0.915. The van der Waals surface area contributed by atoms with E-state index in [1.807, 2.05) is 25.7 Å². The van der Waals surface area contributed by atoms with Crippen LogP contribution in [0.1, 0.15) is 167 Å². The number of aliphatic carboxylic acids is 1. The topological polar surface area (TPSA) is 113 Å². The van der Waals surface area contributed by atoms with E-state index in [0.717, 1.165) is 38.5 Å². The molecule has 1 N–H and O–H groups in total. The zero-order chi connectivity index (χ0) is 41.2. The van der Waals surface area contributed by atoms with Crippen LogP contribution in [0.25, 0.3) is 0 Å². The number of hydrogen-bond donors (Lipinski definition) is 1. The van der Waals surface area contributed by atoms with Crippen LogP contribution in [-0.4, -0.2) is 75.7 Å². The van der Waals surface area contributed by atoms with E-state index in [2.05, 4.69) is 53.4 Å². The van der Waals surface area contributed by atoms with Crippen molar-refractivity contribution in [1.29, 1.82) is 0 Å². The highest BCUT2D eigenvalue weighted by molar-refractivity contribution is 5.81. The first-order valence-electron chi connectivity index (χ1n) is 22.5. The number of likely N-dealkylation sites (tertiary alicyclic amines) is 2.